The van der Waals surface area contributed by atoms with Crippen molar-refractivity contribution in [3.8, 4) is 0 Å². The van der Waals surface area contributed by atoms with Crippen molar-refractivity contribution >= 4 is 26.0 Å². The van der Waals surface area contributed by atoms with E-state index in [1.807, 2.05) is 0 Å². The summed E-state index contributed by atoms with van der Waals surface area (Å²) in [6.07, 6.45) is 0. The standard InChI is InChI=1S/C16H16F4O5P2/c1-3-23-26(21)15(17,18)13-7-5-12-10-14(8-6-11(12)9-13)16(19,20)27(22,25-26)24-4-2/h5-10H,3-4H2,1-2H3. The molecule has 3 heterocycles. The van der Waals surface area contributed by atoms with Crippen LogP contribution >= 0.6 is 15.2 Å². The Morgan fingerprint density at radius 2 is 1.19 bits per heavy atom. The minimum atomic E-state index is -5.66. The van der Waals surface area contributed by atoms with Crippen molar-refractivity contribution in [3.63, 3.8) is 0 Å². The Kier molecular flexibility index (Phi) is 5.07. The molecule has 4 bridgehead atoms. The summed E-state index contributed by atoms with van der Waals surface area (Å²) in [5.74, 6) is 0. The minimum Gasteiger partial charge on any atom is -0.304 e. The van der Waals surface area contributed by atoms with E-state index in [0.717, 1.165) is 24.3 Å². The zero-order chi connectivity index (χ0) is 20.1. The van der Waals surface area contributed by atoms with Gasteiger partial charge in [0.25, 0.3) is 0 Å². The van der Waals surface area contributed by atoms with Gasteiger partial charge in [-0.25, -0.2) is 4.31 Å². The Morgan fingerprint density at radius 3 is 1.52 bits per heavy atom. The fourth-order valence-electron chi connectivity index (χ4n) is 2.73. The molecule has 3 aliphatic rings. The third-order valence-corrected chi connectivity index (χ3v) is 8.84. The first-order valence-electron chi connectivity index (χ1n) is 8.02. The smallest absolute Gasteiger partial charge is 0.304 e. The molecule has 0 radical (unpaired) electrons. The summed E-state index contributed by atoms with van der Waals surface area (Å²) in [7, 11) is -11.3. The number of rotatable bonds is 4. The van der Waals surface area contributed by atoms with Gasteiger partial charge in [0.2, 0.25) is 0 Å². The number of hydrogen-bond donors (Lipinski definition) is 0. The topological polar surface area (TPSA) is 61.8 Å². The SMILES string of the molecule is CCOP1(=O)OP(=O)(OCC)C(F)(F)c2ccc3cc(ccc3c2)C1(F)F. The van der Waals surface area contributed by atoms with E-state index in [0.29, 0.717) is 0 Å². The summed E-state index contributed by atoms with van der Waals surface area (Å²) in [6.45, 7) is 1.37. The molecular weight excluding hydrogens is 410 g/mol. The molecule has 27 heavy (non-hydrogen) atoms. The normalized spacial score (nSPS) is 29.3. The predicted octanol–water partition coefficient (Wildman–Crippen LogP) is 6.43. The largest absolute Gasteiger partial charge is 0.411 e. The van der Waals surface area contributed by atoms with Crippen LogP contribution < -0.4 is 0 Å². The van der Waals surface area contributed by atoms with Gasteiger partial charge in [-0.1, -0.05) is 24.3 Å². The van der Waals surface area contributed by atoms with Crippen molar-refractivity contribution in [3.05, 3.63) is 47.5 Å². The maximum Gasteiger partial charge on any atom is 0.411 e. The van der Waals surface area contributed by atoms with Crippen molar-refractivity contribution in [2.24, 2.45) is 0 Å². The molecule has 0 spiro atoms. The number of alkyl halides is 4. The second-order valence-corrected chi connectivity index (χ2v) is 10.1. The van der Waals surface area contributed by atoms with Crippen molar-refractivity contribution < 1.29 is 40.0 Å². The molecule has 148 valence electrons. The highest BCUT2D eigenvalue weighted by Crippen LogP contribution is 2.80. The average Bonchev–Trinajstić information content (AvgIpc) is 2.61. The van der Waals surface area contributed by atoms with Crippen molar-refractivity contribution in [2.75, 3.05) is 13.2 Å². The molecule has 0 saturated carbocycles. The van der Waals surface area contributed by atoms with Gasteiger partial charge in [0.05, 0.1) is 13.2 Å². The highest BCUT2D eigenvalue weighted by Gasteiger charge is 2.65. The quantitative estimate of drug-likeness (QED) is 0.417. The molecule has 2 unspecified atom stereocenters. The molecule has 0 aromatic heterocycles. The van der Waals surface area contributed by atoms with E-state index in [-0.39, 0.29) is 10.8 Å². The molecule has 0 saturated heterocycles. The van der Waals surface area contributed by atoms with Crippen LogP contribution in [0.5, 0.6) is 0 Å². The lowest BCUT2D eigenvalue weighted by molar-refractivity contribution is 0.0265. The molecule has 0 N–H and O–H groups in total. The second-order valence-electron chi connectivity index (χ2n) is 5.77. The third kappa shape index (κ3) is 3.06. The van der Waals surface area contributed by atoms with E-state index < -0.39 is 50.9 Å². The number of halogens is 4. The van der Waals surface area contributed by atoms with Crippen LogP contribution in [0.25, 0.3) is 10.8 Å². The van der Waals surface area contributed by atoms with Gasteiger partial charge in [-0.05, 0) is 36.8 Å². The first-order valence-corrected chi connectivity index (χ1v) is 11.1. The molecule has 2 aromatic carbocycles. The van der Waals surface area contributed by atoms with Gasteiger partial charge in [-0.2, -0.15) is 17.6 Å². The van der Waals surface area contributed by atoms with Gasteiger partial charge in [-0.3, -0.25) is 9.13 Å². The van der Waals surface area contributed by atoms with E-state index in [2.05, 4.69) is 13.4 Å². The van der Waals surface area contributed by atoms with E-state index in [9.17, 15) is 9.13 Å². The number of hydrogen-bond acceptors (Lipinski definition) is 5. The highest BCUT2D eigenvalue weighted by molar-refractivity contribution is 7.68. The summed E-state index contributed by atoms with van der Waals surface area (Å²) in [5, 5.41) is 0.422. The average molecular weight is 426 g/mol. The van der Waals surface area contributed by atoms with Crippen LogP contribution in [-0.2, 0) is 33.8 Å². The molecule has 2 aromatic rings. The Bertz CT molecular complexity index is 901. The zero-order valence-corrected chi connectivity index (χ0v) is 16.1. The molecule has 5 rings (SSSR count). The lowest BCUT2D eigenvalue weighted by Crippen LogP contribution is -2.22. The fourth-order valence-corrected chi connectivity index (χ4v) is 6.97. The van der Waals surface area contributed by atoms with Gasteiger partial charge >= 0.3 is 26.5 Å². The van der Waals surface area contributed by atoms with Gasteiger partial charge in [0, 0.05) is 11.1 Å². The van der Waals surface area contributed by atoms with Gasteiger partial charge in [0.15, 0.2) is 0 Å². The Hall–Kier alpha value is -1.24. The molecule has 11 heteroatoms. The van der Waals surface area contributed by atoms with E-state index >= 15 is 17.6 Å². The Morgan fingerprint density at radius 1 is 0.815 bits per heavy atom. The summed E-state index contributed by atoms with van der Waals surface area (Å²) in [4.78, 5) is 0. The molecule has 2 atom stereocenters. The van der Waals surface area contributed by atoms with E-state index in [1.54, 1.807) is 0 Å². The maximum absolute atomic E-state index is 15.1. The third-order valence-electron chi connectivity index (χ3n) is 4.04. The minimum absolute atomic E-state index is 0.211. The summed E-state index contributed by atoms with van der Waals surface area (Å²) in [5.41, 5.74) is -10.2. The maximum atomic E-state index is 15.1. The highest BCUT2D eigenvalue weighted by atomic mass is 31.3. The van der Waals surface area contributed by atoms with Gasteiger partial charge in [-0.15, -0.1) is 0 Å². The fraction of sp³-hybridized carbons (Fsp3) is 0.375. The molecule has 0 aliphatic carbocycles. The van der Waals surface area contributed by atoms with E-state index in [1.165, 1.54) is 26.0 Å². The lowest BCUT2D eigenvalue weighted by atomic mass is 10.0. The lowest BCUT2D eigenvalue weighted by Gasteiger charge is -2.31. The van der Waals surface area contributed by atoms with E-state index in [4.69, 9.17) is 0 Å². The monoisotopic (exact) mass is 426 g/mol. The Balaban J connectivity index is 2.40. The zero-order valence-electron chi connectivity index (χ0n) is 14.3. The molecule has 5 nitrogen and oxygen atoms in total. The Labute approximate surface area is 152 Å². The molecule has 3 aliphatic heterocycles. The molecule has 0 fully saturated rings. The summed E-state index contributed by atoms with van der Waals surface area (Å²) < 4.78 is 99.7. The first kappa shape index (κ1) is 20.5. The molecular formula is C16H16F4O5P2. The van der Waals surface area contributed by atoms with Gasteiger partial charge < -0.3 is 9.05 Å². The van der Waals surface area contributed by atoms with Crippen LogP contribution in [0.1, 0.15) is 25.0 Å². The number of fused-ring (bicyclic) bond motifs is 2. The van der Waals surface area contributed by atoms with Crippen molar-refractivity contribution in [2.45, 2.75) is 25.2 Å². The van der Waals surface area contributed by atoms with Crippen LogP contribution in [-0.4, -0.2) is 13.2 Å². The number of benzene rings is 2. The van der Waals surface area contributed by atoms with Crippen LogP contribution in [0.3, 0.4) is 0 Å². The first-order chi connectivity index (χ1) is 12.5. The van der Waals surface area contributed by atoms with Crippen LogP contribution in [0.2, 0.25) is 0 Å². The van der Waals surface area contributed by atoms with Crippen LogP contribution in [0, 0.1) is 0 Å². The predicted molar refractivity (Wildman–Crippen MR) is 91.3 cm³/mol. The van der Waals surface area contributed by atoms with Crippen LogP contribution in [0.15, 0.2) is 36.4 Å². The van der Waals surface area contributed by atoms with Crippen molar-refractivity contribution in [1.29, 1.82) is 0 Å². The van der Waals surface area contributed by atoms with Gasteiger partial charge in [0.1, 0.15) is 0 Å². The second kappa shape index (κ2) is 6.68. The van der Waals surface area contributed by atoms with Crippen LogP contribution in [0.4, 0.5) is 17.6 Å². The van der Waals surface area contributed by atoms with Crippen molar-refractivity contribution in [1.82, 2.24) is 0 Å². The summed E-state index contributed by atoms with van der Waals surface area (Å²) in [6, 6.07) is 6.26. The summed E-state index contributed by atoms with van der Waals surface area (Å²) >= 11 is 0. The molecule has 0 amide bonds.